The van der Waals surface area contributed by atoms with Crippen LogP contribution in [0.2, 0.25) is 0 Å². The Morgan fingerprint density at radius 2 is 0.867 bits per heavy atom. The van der Waals surface area contributed by atoms with E-state index in [-0.39, 0.29) is 23.7 Å². The first-order valence-electron chi connectivity index (χ1n) is 13.5. The lowest BCUT2D eigenvalue weighted by Gasteiger charge is -2.07. The summed E-state index contributed by atoms with van der Waals surface area (Å²) in [6.45, 7) is 11.1. The van der Waals surface area contributed by atoms with E-state index in [1.165, 1.54) is 0 Å². The van der Waals surface area contributed by atoms with Crippen LogP contribution in [0.25, 0.3) is 0 Å². The fourth-order valence-corrected chi connectivity index (χ4v) is 1.80. The van der Waals surface area contributed by atoms with E-state index in [4.69, 9.17) is 70.5 Å². The van der Waals surface area contributed by atoms with Gasteiger partial charge in [-0.15, -0.1) is 0 Å². The van der Waals surface area contributed by atoms with Gasteiger partial charge in [-0.25, -0.2) is 0 Å². The number of aliphatic carboxylic acids is 6. The Balaban J connectivity index is -0.000000150. The summed E-state index contributed by atoms with van der Waals surface area (Å²) in [5, 5.41) is 58.4. The SMILES string of the molecule is CC(C)C(N)C(=O)O.CC(C)C(N)C(=O)O.CC(C)C(N)C(=O)O.N=C(N)NCCCC(N)C(=O)O.NC(CC(=O)O)C(=O)O. The summed E-state index contributed by atoms with van der Waals surface area (Å²) < 4.78 is 0. The molecule has 0 saturated heterocycles. The van der Waals surface area contributed by atoms with Crippen LogP contribution in [0.3, 0.4) is 0 Å². The van der Waals surface area contributed by atoms with Gasteiger partial charge in [-0.1, -0.05) is 41.5 Å². The lowest BCUT2D eigenvalue weighted by Crippen LogP contribution is -2.34. The summed E-state index contributed by atoms with van der Waals surface area (Å²) in [7, 11) is 0. The summed E-state index contributed by atoms with van der Waals surface area (Å²) in [4.78, 5) is 59.9. The molecule has 0 rings (SSSR count). The Morgan fingerprint density at radius 3 is 1.00 bits per heavy atom. The van der Waals surface area contributed by atoms with Crippen LogP contribution in [0, 0.1) is 23.2 Å². The third-order valence-electron chi connectivity index (χ3n) is 5.05. The van der Waals surface area contributed by atoms with E-state index in [1.807, 2.05) is 0 Å². The van der Waals surface area contributed by atoms with Crippen LogP contribution in [-0.4, -0.2) is 109 Å². The minimum atomic E-state index is -1.29. The highest BCUT2D eigenvalue weighted by molar-refractivity contribution is 5.80. The second kappa shape index (κ2) is 28.6. The van der Waals surface area contributed by atoms with Crippen LogP contribution >= 0.6 is 0 Å². The molecule has 0 amide bonds. The second-order valence-corrected chi connectivity index (χ2v) is 10.3. The Morgan fingerprint density at radius 1 is 0.578 bits per heavy atom. The van der Waals surface area contributed by atoms with Crippen LogP contribution in [-0.2, 0) is 28.8 Å². The normalized spacial score (nSPS) is 13.2. The van der Waals surface area contributed by atoms with Crippen LogP contribution in [0.5, 0.6) is 0 Å². The predicted molar refractivity (Wildman–Crippen MR) is 164 cm³/mol. The predicted octanol–water partition coefficient (Wildman–Crippen LogP) is -2.30. The van der Waals surface area contributed by atoms with Gasteiger partial charge >= 0.3 is 35.8 Å². The van der Waals surface area contributed by atoms with Crippen LogP contribution in [0.4, 0.5) is 0 Å². The van der Waals surface area contributed by atoms with Gasteiger partial charge in [0.2, 0.25) is 0 Å². The number of carboxylic acids is 6. The lowest BCUT2D eigenvalue weighted by atomic mass is 10.1. The average molecular weight is 659 g/mol. The maximum absolute atomic E-state index is 10.2. The average Bonchev–Trinajstić information content (AvgIpc) is 2.89. The van der Waals surface area contributed by atoms with Gasteiger partial charge in [0.05, 0.1) is 6.42 Å². The Kier molecular flexibility index (Phi) is 32.2. The molecule has 5 unspecified atom stereocenters. The van der Waals surface area contributed by atoms with Crippen molar-refractivity contribution in [3.63, 3.8) is 0 Å². The highest BCUT2D eigenvalue weighted by Crippen LogP contribution is 1.97. The first-order valence-corrected chi connectivity index (χ1v) is 13.5. The zero-order chi connectivity index (χ0) is 37.2. The number of hydrogen-bond donors (Lipinski definition) is 14. The number of hydrogen-bond acceptors (Lipinski definition) is 12. The fourth-order valence-electron chi connectivity index (χ4n) is 1.80. The smallest absolute Gasteiger partial charge is 0.321 e. The van der Waals surface area contributed by atoms with E-state index >= 15 is 0 Å². The maximum atomic E-state index is 10.2. The Labute approximate surface area is 262 Å². The first kappa shape index (κ1) is 50.5. The summed E-state index contributed by atoms with van der Waals surface area (Å²) in [6, 6.07) is -4.25. The van der Waals surface area contributed by atoms with Gasteiger partial charge < -0.3 is 70.4 Å². The molecule has 0 saturated carbocycles. The summed E-state index contributed by atoms with van der Waals surface area (Å²) in [5.41, 5.74) is 30.5. The second-order valence-electron chi connectivity index (χ2n) is 10.3. The molecule has 0 aromatic carbocycles. The molecular weight excluding hydrogens is 604 g/mol. The number of nitrogens with one attached hydrogen (secondary N) is 2. The van der Waals surface area contributed by atoms with Gasteiger partial charge in [-0.3, -0.25) is 34.2 Å². The van der Waals surface area contributed by atoms with Crippen molar-refractivity contribution in [2.45, 2.75) is 91.0 Å². The van der Waals surface area contributed by atoms with Gasteiger partial charge in [-0.05, 0) is 30.6 Å². The highest BCUT2D eigenvalue weighted by atomic mass is 16.4. The van der Waals surface area contributed by atoms with E-state index in [0.717, 1.165) is 0 Å². The van der Waals surface area contributed by atoms with Crippen molar-refractivity contribution in [1.29, 1.82) is 5.41 Å². The molecule has 0 aliphatic heterocycles. The number of guanidine groups is 1. The van der Waals surface area contributed by atoms with Gasteiger partial charge in [-0.2, -0.15) is 0 Å². The van der Waals surface area contributed by atoms with Crippen LogP contribution < -0.4 is 39.7 Å². The lowest BCUT2D eigenvalue weighted by molar-refractivity contribution is -0.144. The monoisotopic (exact) mass is 658 g/mol. The fraction of sp³-hybridized carbons (Fsp3) is 0.720. The van der Waals surface area contributed by atoms with E-state index in [0.29, 0.717) is 19.4 Å². The third kappa shape index (κ3) is 37.9. The van der Waals surface area contributed by atoms with Crippen molar-refractivity contribution in [3.05, 3.63) is 0 Å². The summed E-state index contributed by atoms with van der Waals surface area (Å²) >= 11 is 0. The van der Waals surface area contributed by atoms with Crippen LogP contribution in [0.15, 0.2) is 0 Å². The van der Waals surface area contributed by atoms with Crippen molar-refractivity contribution < 1.29 is 59.4 Å². The van der Waals surface area contributed by atoms with Gasteiger partial charge in [0, 0.05) is 6.54 Å². The van der Waals surface area contributed by atoms with E-state index < -0.39 is 72.4 Å². The molecule has 45 heavy (non-hydrogen) atoms. The minimum Gasteiger partial charge on any atom is -0.481 e. The number of nitrogens with two attached hydrogens (primary N) is 6. The van der Waals surface area contributed by atoms with Crippen LogP contribution in [0.1, 0.15) is 60.8 Å². The number of carboxylic acid groups (broad SMARTS) is 6. The minimum absolute atomic E-state index is 0.0208. The molecule has 0 bridgehead atoms. The number of carbonyl (C=O) groups is 6. The van der Waals surface area contributed by atoms with E-state index in [2.05, 4.69) is 5.32 Å². The molecule has 20 nitrogen and oxygen atoms in total. The zero-order valence-corrected chi connectivity index (χ0v) is 26.5. The molecule has 0 spiro atoms. The molecule has 5 atom stereocenters. The van der Waals surface area contributed by atoms with Crippen molar-refractivity contribution in [2.75, 3.05) is 6.54 Å². The molecule has 0 fully saturated rings. The van der Waals surface area contributed by atoms with Crippen molar-refractivity contribution in [1.82, 2.24) is 5.32 Å². The van der Waals surface area contributed by atoms with Gasteiger partial charge in [0.15, 0.2) is 5.96 Å². The molecule has 20 heteroatoms. The molecule has 20 N–H and O–H groups in total. The largest absolute Gasteiger partial charge is 0.481 e. The van der Waals surface area contributed by atoms with Crippen molar-refractivity contribution in [2.24, 2.45) is 52.2 Å². The molecule has 0 heterocycles. The van der Waals surface area contributed by atoms with Gasteiger partial charge in [0.1, 0.15) is 30.2 Å². The zero-order valence-electron chi connectivity index (χ0n) is 26.5. The Hall–Kier alpha value is -4.11. The number of rotatable bonds is 14. The molecular formula is C25H54N8O12. The Bertz CT molecular complexity index is 846. The third-order valence-corrected chi connectivity index (χ3v) is 5.05. The van der Waals surface area contributed by atoms with E-state index in [9.17, 15) is 28.8 Å². The summed E-state index contributed by atoms with van der Waals surface area (Å²) in [5.74, 6) is -6.34. The van der Waals surface area contributed by atoms with Crippen molar-refractivity contribution in [3.8, 4) is 0 Å². The highest BCUT2D eigenvalue weighted by Gasteiger charge is 2.16. The molecule has 0 radical (unpaired) electrons. The quantitative estimate of drug-likeness (QED) is 0.0529. The van der Waals surface area contributed by atoms with E-state index in [1.54, 1.807) is 41.5 Å². The maximum Gasteiger partial charge on any atom is 0.321 e. The van der Waals surface area contributed by atoms with Gasteiger partial charge in [0.25, 0.3) is 0 Å². The standard InChI is InChI=1S/C6H14N4O2.3C5H11NO2.C4H7NO4/c7-4(5(11)12)2-1-3-10-6(8)9;3*1-3(2)4(6)5(7)8;5-2(4(8)9)1-3(6)7/h4H,1-3,7H2,(H,11,12)(H4,8,9,10);3*3-4H,6H2,1-2H3,(H,7,8);2H,1,5H2,(H,6,7)(H,8,9). The molecule has 0 aliphatic carbocycles. The summed E-state index contributed by atoms with van der Waals surface area (Å²) in [6.07, 6.45) is 0.442. The first-order chi connectivity index (χ1) is 20.2. The molecule has 266 valence electrons. The topological polar surface area (TPSA) is 416 Å². The molecule has 0 aliphatic rings. The molecule has 0 aromatic rings. The molecule has 0 aromatic heterocycles. The van der Waals surface area contributed by atoms with Crippen molar-refractivity contribution >= 4 is 41.8 Å².